The predicted molar refractivity (Wildman–Crippen MR) is 113 cm³/mol. The molecule has 0 saturated heterocycles. The first-order chi connectivity index (χ1) is 14.5. The monoisotopic (exact) mass is 409 g/mol. The van der Waals surface area contributed by atoms with Crippen LogP contribution in [0.3, 0.4) is 0 Å². The van der Waals surface area contributed by atoms with Crippen LogP contribution in [0.1, 0.15) is 18.1 Å². The van der Waals surface area contributed by atoms with E-state index in [0.29, 0.717) is 23.7 Å². The lowest BCUT2D eigenvalue weighted by Crippen LogP contribution is -2.27. The highest BCUT2D eigenvalue weighted by atomic mass is 19.3. The second-order valence-electron chi connectivity index (χ2n) is 7.57. The molecule has 4 rings (SSSR count). The van der Waals surface area contributed by atoms with Gasteiger partial charge in [-0.3, -0.25) is 0 Å². The van der Waals surface area contributed by atoms with Gasteiger partial charge in [0.25, 0.3) is 5.92 Å². The van der Waals surface area contributed by atoms with E-state index in [9.17, 15) is 8.78 Å². The highest BCUT2D eigenvalue weighted by Crippen LogP contribution is 2.67. The Morgan fingerprint density at radius 3 is 2.03 bits per heavy atom. The minimum atomic E-state index is -2.85. The van der Waals surface area contributed by atoms with E-state index in [1.54, 1.807) is 24.3 Å². The van der Waals surface area contributed by atoms with Crippen molar-refractivity contribution in [3.8, 4) is 17.2 Å². The topological polar surface area (TPSA) is 44.5 Å². The van der Waals surface area contributed by atoms with E-state index in [0.717, 1.165) is 11.3 Å². The average Bonchev–Trinajstić information content (AvgIpc) is 3.25. The van der Waals surface area contributed by atoms with Gasteiger partial charge < -0.3 is 15.2 Å². The number of hydrogen-bond acceptors (Lipinski definition) is 3. The summed E-state index contributed by atoms with van der Waals surface area (Å²) in [5.74, 6) is -1.62. The number of ether oxygens (including phenoxy) is 2. The van der Waals surface area contributed by atoms with E-state index in [1.165, 1.54) is 0 Å². The summed E-state index contributed by atoms with van der Waals surface area (Å²) < 4.78 is 41.1. The molecule has 30 heavy (non-hydrogen) atoms. The van der Waals surface area contributed by atoms with Crippen LogP contribution in [-0.4, -0.2) is 19.1 Å². The summed E-state index contributed by atoms with van der Waals surface area (Å²) in [5, 5.41) is 0. The molecule has 0 heterocycles. The zero-order valence-electron chi connectivity index (χ0n) is 16.9. The molecule has 1 saturated carbocycles. The summed E-state index contributed by atoms with van der Waals surface area (Å²) in [6, 6.07) is 23.6. The third kappa shape index (κ3) is 3.54. The summed E-state index contributed by atoms with van der Waals surface area (Å²) in [6.45, 7) is 2.31. The van der Waals surface area contributed by atoms with Crippen LogP contribution in [0.2, 0.25) is 0 Å². The molecule has 3 aromatic carbocycles. The highest BCUT2D eigenvalue weighted by molar-refractivity contribution is 5.45. The van der Waals surface area contributed by atoms with E-state index in [2.05, 4.69) is 0 Å². The summed E-state index contributed by atoms with van der Waals surface area (Å²) >= 11 is 0. The van der Waals surface area contributed by atoms with Crippen LogP contribution in [0.5, 0.6) is 17.2 Å². The summed E-state index contributed by atoms with van der Waals surface area (Å²) in [5.41, 5.74) is 5.96. The van der Waals surface area contributed by atoms with Crippen molar-refractivity contribution in [1.82, 2.24) is 0 Å². The molecular formula is C25H25F2NO2. The van der Waals surface area contributed by atoms with Gasteiger partial charge in [-0.2, -0.15) is 0 Å². The number of rotatable bonds is 8. The number of para-hydroxylation sites is 1. The smallest absolute Gasteiger partial charge is 0.263 e. The molecule has 2 N–H and O–H groups in total. The minimum absolute atomic E-state index is 0.103. The molecule has 0 amide bonds. The summed E-state index contributed by atoms with van der Waals surface area (Å²) in [4.78, 5) is 0. The Morgan fingerprint density at radius 2 is 1.43 bits per heavy atom. The molecule has 3 aromatic rings. The fourth-order valence-electron chi connectivity index (χ4n) is 4.19. The van der Waals surface area contributed by atoms with Crippen molar-refractivity contribution in [1.29, 1.82) is 0 Å². The van der Waals surface area contributed by atoms with Crippen molar-refractivity contribution in [2.45, 2.75) is 24.7 Å². The zero-order chi connectivity index (χ0) is 21.2. The number of benzene rings is 3. The molecule has 5 heteroatoms. The molecule has 0 radical (unpaired) electrons. The third-order valence-electron chi connectivity index (χ3n) is 5.89. The first-order valence-corrected chi connectivity index (χ1v) is 10.1. The normalized spacial score (nSPS) is 21.8. The van der Waals surface area contributed by atoms with Crippen LogP contribution >= 0.6 is 0 Å². The molecule has 1 aliphatic carbocycles. The van der Waals surface area contributed by atoms with Gasteiger partial charge in [-0.05, 0) is 60.9 Å². The van der Waals surface area contributed by atoms with Gasteiger partial charge in [-0.15, -0.1) is 0 Å². The number of alkyl halides is 2. The third-order valence-corrected chi connectivity index (χ3v) is 5.89. The molecule has 0 aromatic heterocycles. The summed E-state index contributed by atoms with van der Waals surface area (Å²) in [7, 11) is 0. The van der Waals surface area contributed by atoms with E-state index in [4.69, 9.17) is 15.2 Å². The van der Waals surface area contributed by atoms with Gasteiger partial charge in [0.2, 0.25) is 0 Å². The highest BCUT2D eigenvalue weighted by Gasteiger charge is 2.79. The van der Waals surface area contributed by atoms with Gasteiger partial charge >= 0.3 is 0 Å². The quantitative estimate of drug-likeness (QED) is 0.528. The summed E-state index contributed by atoms with van der Waals surface area (Å²) in [6.07, 6.45) is 0.253. The van der Waals surface area contributed by atoms with Gasteiger partial charge in [-0.1, -0.05) is 42.5 Å². The molecule has 3 nitrogen and oxygen atoms in total. The van der Waals surface area contributed by atoms with Crippen LogP contribution in [0.25, 0.3) is 0 Å². The Morgan fingerprint density at radius 1 is 0.833 bits per heavy atom. The molecule has 0 aliphatic heterocycles. The minimum Gasteiger partial charge on any atom is -0.494 e. The van der Waals surface area contributed by atoms with Crippen LogP contribution in [0.15, 0.2) is 78.9 Å². The lowest BCUT2D eigenvalue weighted by Gasteiger charge is -2.16. The van der Waals surface area contributed by atoms with Crippen molar-refractivity contribution < 1.29 is 18.3 Å². The Hall–Kier alpha value is -2.92. The van der Waals surface area contributed by atoms with E-state index < -0.39 is 17.3 Å². The van der Waals surface area contributed by atoms with Gasteiger partial charge in [-0.25, -0.2) is 8.78 Å². The van der Waals surface area contributed by atoms with Crippen molar-refractivity contribution in [2.24, 2.45) is 11.7 Å². The van der Waals surface area contributed by atoms with Crippen LogP contribution < -0.4 is 15.2 Å². The lowest BCUT2D eigenvalue weighted by atomic mass is 9.90. The molecule has 2 unspecified atom stereocenters. The van der Waals surface area contributed by atoms with E-state index >= 15 is 0 Å². The van der Waals surface area contributed by atoms with Crippen LogP contribution in [0.4, 0.5) is 8.78 Å². The number of halogens is 2. The van der Waals surface area contributed by atoms with Crippen molar-refractivity contribution >= 4 is 0 Å². The van der Waals surface area contributed by atoms with Crippen LogP contribution in [-0.2, 0) is 11.8 Å². The molecule has 0 bridgehead atoms. The van der Waals surface area contributed by atoms with Crippen LogP contribution in [0, 0.1) is 5.92 Å². The van der Waals surface area contributed by atoms with Crippen molar-refractivity contribution in [2.75, 3.05) is 13.2 Å². The Balaban J connectivity index is 1.49. The predicted octanol–water partition coefficient (Wildman–Crippen LogP) is 5.58. The van der Waals surface area contributed by atoms with Crippen molar-refractivity contribution in [3.63, 3.8) is 0 Å². The van der Waals surface area contributed by atoms with Gasteiger partial charge in [0.1, 0.15) is 17.2 Å². The standard InChI is InChI=1S/C25H25F2NO2/c1-2-29-20-14-10-19(11-15-20)24(17-28)23(25(24,26)27)16-18-8-12-22(13-9-18)30-21-6-4-3-5-7-21/h3-15,23H,2,16-17,28H2,1H3. The second-order valence-corrected chi connectivity index (χ2v) is 7.57. The molecule has 1 aliphatic rings. The first kappa shape index (κ1) is 20.4. The maximum atomic E-state index is 15.0. The van der Waals surface area contributed by atoms with Crippen molar-refractivity contribution in [3.05, 3.63) is 90.0 Å². The van der Waals surface area contributed by atoms with E-state index in [1.807, 2.05) is 61.5 Å². The number of nitrogens with two attached hydrogens (primary N) is 1. The molecule has 0 spiro atoms. The van der Waals surface area contributed by atoms with Gasteiger partial charge in [0, 0.05) is 12.5 Å². The maximum absolute atomic E-state index is 15.0. The first-order valence-electron chi connectivity index (χ1n) is 10.1. The Labute approximate surface area is 175 Å². The van der Waals surface area contributed by atoms with Gasteiger partial charge in [0.05, 0.1) is 12.0 Å². The molecule has 2 atom stereocenters. The molecule has 1 fully saturated rings. The second kappa shape index (κ2) is 8.07. The number of hydrogen-bond donors (Lipinski definition) is 1. The largest absolute Gasteiger partial charge is 0.494 e. The van der Waals surface area contributed by atoms with E-state index in [-0.39, 0.29) is 13.0 Å². The zero-order valence-corrected chi connectivity index (χ0v) is 16.9. The Kier molecular flexibility index (Phi) is 5.48. The van der Waals surface area contributed by atoms with Gasteiger partial charge in [0.15, 0.2) is 0 Å². The molecule has 156 valence electrons. The fourth-order valence-corrected chi connectivity index (χ4v) is 4.19. The SMILES string of the molecule is CCOc1ccc(C2(CN)C(Cc3ccc(Oc4ccccc4)cc3)C2(F)F)cc1. The lowest BCUT2D eigenvalue weighted by molar-refractivity contribution is 0.0771. The molecular weight excluding hydrogens is 384 g/mol. The Bertz CT molecular complexity index is 974. The average molecular weight is 409 g/mol. The maximum Gasteiger partial charge on any atom is 0.263 e. The fraction of sp³-hybridized carbons (Fsp3) is 0.280.